The number of hydrogen-bond acceptors (Lipinski definition) is 4. The fourth-order valence-corrected chi connectivity index (χ4v) is 2.83. The minimum absolute atomic E-state index is 0.0137. The number of carbonyl (C=O) groups is 1. The minimum Gasteiger partial charge on any atom is -0.387 e. The van der Waals surface area contributed by atoms with Gasteiger partial charge in [-0.1, -0.05) is 0 Å². The molecule has 134 valence electrons. The molecule has 2 aromatic carbocycles. The molecule has 0 bridgehead atoms. The molecule has 1 unspecified atom stereocenters. The number of aromatic amines is 1. The summed E-state index contributed by atoms with van der Waals surface area (Å²) in [6, 6.07) is 11.0. The Hall–Kier alpha value is -3.19. The van der Waals surface area contributed by atoms with E-state index in [1.54, 1.807) is 6.07 Å². The van der Waals surface area contributed by atoms with Gasteiger partial charge in [-0.05, 0) is 55.3 Å². The summed E-state index contributed by atoms with van der Waals surface area (Å²) < 4.78 is 0. The molecule has 0 aliphatic carbocycles. The summed E-state index contributed by atoms with van der Waals surface area (Å²) in [5, 5.41) is 24.5. The van der Waals surface area contributed by atoms with Crippen LogP contribution in [-0.2, 0) is 0 Å². The van der Waals surface area contributed by atoms with Crippen LogP contribution >= 0.6 is 0 Å². The molecule has 1 heterocycles. The molecule has 7 heteroatoms. The highest BCUT2D eigenvalue weighted by atomic mass is 16.6. The Labute approximate surface area is 149 Å². The number of aliphatic hydroxyl groups excluding tert-OH is 1. The van der Waals surface area contributed by atoms with Crippen molar-refractivity contribution in [2.24, 2.45) is 0 Å². The van der Waals surface area contributed by atoms with Gasteiger partial charge in [-0.25, -0.2) is 0 Å². The maximum atomic E-state index is 12.4. The number of aromatic nitrogens is 1. The SMILES string of the molecule is Cc1[nH]c2ccc(C(=O)NCC(O)c3ccc([N+](=O)[O-])cc3)cc2c1C. The highest BCUT2D eigenvalue weighted by Gasteiger charge is 2.14. The van der Waals surface area contributed by atoms with E-state index in [1.807, 2.05) is 26.0 Å². The first-order chi connectivity index (χ1) is 12.4. The molecule has 3 aromatic rings. The fourth-order valence-electron chi connectivity index (χ4n) is 2.83. The van der Waals surface area contributed by atoms with Crippen molar-refractivity contribution < 1.29 is 14.8 Å². The molecule has 3 N–H and O–H groups in total. The lowest BCUT2D eigenvalue weighted by Gasteiger charge is -2.12. The minimum atomic E-state index is -0.945. The van der Waals surface area contributed by atoms with E-state index in [4.69, 9.17) is 0 Å². The second kappa shape index (κ2) is 6.97. The van der Waals surface area contributed by atoms with Gasteiger partial charge >= 0.3 is 0 Å². The maximum Gasteiger partial charge on any atom is 0.269 e. The third kappa shape index (κ3) is 3.43. The van der Waals surface area contributed by atoms with Gasteiger partial charge in [0.1, 0.15) is 0 Å². The Kier molecular flexibility index (Phi) is 4.73. The lowest BCUT2D eigenvalue weighted by molar-refractivity contribution is -0.384. The number of H-pyrrole nitrogens is 1. The third-order valence-electron chi connectivity index (χ3n) is 4.52. The zero-order valence-electron chi connectivity index (χ0n) is 14.4. The van der Waals surface area contributed by atoms with Gasteiger partial charge in [0.2, 0.25) is 0 Å². The van der Waals surface area contributed by atoms with Crippen LogP contribution in [0.2, 0.25) is 0 Å². The molecule has 0 radical (unpaired) electrons. The number of amides is 1. The first-order valence-electron chi connectivity index (χ1n) is 8.16. The van der Waals surface area contributed by atoms with Crippen LogP contribution in [0.25, 0.3) is 10.9 Å². The Morgan fingerprint density at radius 2 is 1.92 bits per heavy atom. The average molecular weight is 353 g/mol. The first-order valence-corrected chi connectivity index (χ1v) is 8.16. The fraction of sp³-hybridized carbons (Fsp3) is 0.211. The Morgan fingerprint density at radius 1 is 1.23 bits per heavy atom. The van der Waals surface area contributed by atoms with E-state index >= 15 is 0 Å². The predicted octanol–water partition coefficient (Wildman–Crippen LogP) is 3.16. The summed E-state index contributed by atoms with van der Waals surface area (Å²) in [6.07, 6.45) is -0.945. The monoisotopic (exact) mass is 353 g/mol. The van der Waals surface area contributed by atoms with Crippen LogP contribution < -0.4 is 5.32 Å². The van der Waals surface area contributed by atoms with Gasteiger partial charge in [-0.2, -0.15) is 0 Å². The van der Waals surface area contributed by atoms with Gasteiger partial charge in [-0.15, -0.1) is 0 Å². The van der Waals surface area contributed by atoms with E-state index < -0.39 is 11.0 Å². The number of hydrogen-bond donors (Lipinski definition) is 3. The molecular formula is C19H19N3O4. The lowest BCUT2D eigenvalue weighted by atomic mass is 10.1. The zero-order chi connectivity index (χ0) is 18.8. The number of nitro benzene ring substituents is 1. The molecule has 0 aliphatic rings. The Bertz CT molecular complexity index is 976. The van der Waals surface area contributed by atoms with Crippen LogP contribution in [0.5, 0.6) is 0 Å². The summed E-state index contributed by atoms with van der Waals surface area (Å²) in [6.45, 7) is 3.99. The second-order valence-electron chi connectivity index (χ2n) is 6.21. The number of nitrogens with zero attached hydrogens (tertiary/aromatic N) is 1. The summed E-state index contributed by atoms with van der Waals surface area (Å²) >= 11 is 0. The van der Waals surface area contributed by atoms with Crippen LogP contribution in [0.1, 0.15) is 33.3 Å². The number of aryl methyl sites for hydroxylation is 2. The highest BCUT2D eigenvalue weighted by molar-refractivity contribution is 5.99. The van der Waals surface area contributed by atoms with Gasteiger partial charge < -0.3 is 15.4 Å². The van der Waals surface area contributed by atoms with Gasteiger partial charge in [-0.3, -0.25) is 14.9 Å². The number of carbonyl (C=O) groups excluding carboxylic acids is 1. The van der Waals surface area contributed by atoms with Gasteiger partial charge in [0.15, 0.2) is 0 Å². The molecule has 0 saturated heterocycles. The molecular weight excluding hydrogens is 334 g/mol. The summed E-state index contributed by atoms with van der Waals surface area (Å²) in [4.78, 5) is 25.8. The van der Waals surface area contributed by atoms with Crippen LogP contribution in [0, 0.1) is 24.0 Å². The number of nitrogens with one attached hydrogen (secondary N) is 2. The van der Waals surface area contributed by atoms with Crippen LogP contribution in [0.3, 0.4) is 0 Å². The van der Waals surface area contributed by atoms with Crippen molar-refractivity contribution >= 4 is 22.5 Å². The van der Waals surface area contributed by atoms with Crippen molar-refractivity contribution in [1.29, 1.82) is 0 Å². The highest BCUT2D eigenvalue weighted by Crippen LogP contribution is 2.22. The molecule has 0 fully saturated rings. The predicted molar refractivity (Wildman–Crippen MR) is 98.2 cm³/mol. The van der Waals surface area contributed by atoms with E-state index in [0.717, 1.165) is 22.2 Å². The summed E-state index contributed by atoms with van der Waals surface area (Å²) in [7, 11) is 0. The Morgan fingerprint density at radius 3 is 2.58 bits per heavy atom. The number of rotatable bonds is 5. The van der Waals surface area contributed by atoms with Gasteiger partial charge in [0.25, 0.3) is 11.6 Å². The van der Waals surface area contributed by atoms with E-state index in [1.165, 1.54) is 24.3 Å². The molecule has 0 saturated carbocycles. The number of nitro groups is 1. The number of non-ortho nitro benzene ring substituents is 1. The van der Waals surface area contributed by atoms with E-state index in [-0.39, 0.29) is 18.1 Å². The Balaban J connectivity index is 1.68. The average Bonchev–Trinajstić information content (AvgIpc) is 2.93. The lowest BCUT2D eigenvalue weighted by Crippen LogP contribution is -2.28. The summed E-state index contributed by atoms with van der Waals surface area (Å²) in [5.41, 5.74) is 4.10. The molecule has 26 heavy (non-hydrogen) atoms. The van der Waals surface area contributed by atoms with Crippen molar-refractivity contribution in [3.05, 3.63) is 75.0 Å². The smallest absolute Gasteiger partial charge is 0.269 e. The number of fused-ring (bicyclic) bond motifs is 1. The molecule has 7 nitrogen and oxygen atoms in total. The number of aliphatic hydroxyl groups is 1. The topological polar surface area (TPSA) is 108 Å². The van der Waals surface area contributed by atoms with Crippen molar-refractivity contribution in [2.45, 2.75) is 20.0 Å². The van der Waals surface area contributed by atoms with Gasteiger partial charge in [0, 0.05) is 40.8 Å². The summed E-state index contributed by atoms with van der Waals surface area (Å²) in [5.74, 6) is -0.286. The van der Waals surface area contributed by atoms with Crippen molar-refractivity contribution in [3.63, 3.8) is 0 Å². The standard InChI is InChI=1S/C19H19N3O4/c1-11-12(2)21-17-8-5-14(9-16(11)17)19(24)20-10-18(23)13-3-6-15(7-4-13)22(25)26/h3-9,18,21,23H,10H2,1-2H3,(H,20,24). The molecule has 1 atom stereocenters. The molecule has 0 spiro atoms. The zero-order valence-corrected chi connectivity index (χ0v) is 14.4. The molecule has 3 rings (SSSR count). The molecule has 0 aliphatic heterocycles. The normalized spacial score (nSPS) is 12.1. The van der Waals surface area contributed by atoms with Crippen LogP contribution in [0.15, 0.2) is 42.5 Å². The van der Waals surface area contributed by atoms with E-state index in [9.17, 15) is 20.0 Å². The van der Waals surface area contributed by atoms with Crippen LogP contribution in [-0.4, -0.2) is 27.5 Å². The van der Waals surface area contributed by atoms with Gasteiger partial charge in [0.05, 0.1) is 11.0 Å². The number of benzene rings is 2. The largest absolute Gasteiger partial charge is 0.387 e. The van der Waals surface area contributed by atoms with Crippen molar-refractivity contribution in [2.75, 3.05) is 6.54 Å². The van der Waals surface area contributed by atoms with Crippen molar-refractivity contribution in [3.8, 4) is 0 Å². The second-order valence-corrected chi connectivity index (χ2v) is 6.21. The van der Waals surface area contributed by atoms with Crippen molar-refractivity contribution in [1.82, 2.24) is 10.3 Å². The van der Waals surface area contributed by atoms with E-state index in [2.05, 4.69) is 10.3 Å². The molecule has 1 aromatic heterocycles. The van der Waals surface area contributed by atoms with E-state index in [0.29, 0.717) is 11.1 Å². The third-order valence-corrected chi connectivity index (χ3v) is 4.52. The quantitative estimate of drug-likeness (QED) is 0.483. The van der Waals surface area contributed by atoms with Crippen LogP contribution in [0.4, 0.5) is 5.69 Å². The molecule has 1 amide bonds. The first kappa shape index (κ1) is 17.6. The maximum absolute atomic E-state index is 12.4.